The maximum absolute atomic E-state index is 12.5. The van der Waals surface area contributed by atoms with E-state index in [1.54, 1.807) is 13.2 Å². The third-order valence-corrected chi connectivity index (χ3v) is 7.38. The standard InChI is InChI=1S/C17H32N4O3S2/c1-5-18-17(19-12-8-14-24-4)20-13-11-15-9-10-16(25-15)26(22,23)21(6-2)7-3/h9-10H,5-8,11-14H2,1-4H3,(H2,18,19,20). The first-order valence-corrected chi connectivity index (χ1v) is 11.3. The molecule has 1 rings (SSSR count). The highest BCUT2D eigenvalue weighted by molar-refractivity contribution is 7.91. The number of nitrogens with zero attached hydrogens (tertiary/aromatic N) is 2. The van der Waals surface area contributed by atoms with E-state index in [0.717, 1.165) is 30.2 Å². The first-order valence-electron chi connectivity index (χ1n) is 9.09. The highest BCUT2D eigenvalue weighted by Gasteiger charge is 2.23. The van der Waals surface area contributed by atoms with Crippen molar-refractivity contribution in [2.75, 3.05) is 46.4 Å². The zero-order valence-electron chi connectivity index (χ0n) is 16.2. The minimum Gasteiger partial charge on any atom is -0.385 e. The molecule has 0 aliphatic carbocycles. The largest absolute Gasteiger partial charge is 0.385 e. The number of guanidine groups is 1. The Hall–Kier alpha value is -1.16. The topological polar surface area (TPSA) is 83.0 Å². The molecule has 0 amide bonds. The zero-order chi connectivity index (χ0) is 19.4. The van der Waals surface area contributed by atoms with Gasteiger partial charge in [0.2, 0.25) is 0 Å². The summed E-state index contributed by atoms with van der Waals surface area (Å²) >= 11 is 1.34. The number of nitrogens with one attached hydrogen (secondary N) is 2. The predicted molar refractivity (Wildman–Crippen MR) is 109 cm³/mol. The average molecular weight is 405 g/mol. The van der Waals surface area contributed by atoms with E-state index in [0.29, 0.717) is 37.0 Å². The number of hydrogen-bond donors (Lipinski definition) is 2. The second-order valence-electron chi connectivity index (χ2n) is 5.59. The normalized spacial score (nSPS) is 12.6. The van der Waals surface area contributed by atoms with Crippen LogP contribution in [0.3, 0.4) is 0 Å². The summed E-state index contributed by atoms with van der Waals surface area (Å²) in [5.41, 5.74) is 0. The average Bonchev–Trinajstić information content (AvgIpc) is 3.09. The van der Waals surface area contributed by atoms with Crippen LogP contribution in [0.1, 0.15) is 32.1 Å². The molecule has 150 valence electrons. The van der Waals surface area contributed by atoms with Crippen LogP contribution in [0.4, 0.5) is 0 Å². The lowest BCUT2D eigenvalue weighted by molar-refractivity contribution is 0.197. The molecule has 0 saturated carbocycles. The molecule has 0 bridgehead atoms. The molecule has 0 spiro atoms. The number of thiophene rings is 1. The Labute approximate surface area is 161 Å². The van der Waals surface area contributed by atoms with E-state index < -0.39 is 10.0 Å². The first kappa shape index (κ1) is 22.9. The van der Waals surface area contributed by atoms with Crippen LogP contribution < -0.4 is 10.6 Å². The highest BCUT2D eigenvalue weighted by atomic mass is 32.2. The molecule has 0 aliphatic rings. The molecule has 0 aromatic carbocycles. The Morgan fingerprint density at radius 3 is 2.58 bits per heavy atom. The number of rotatable bonds is 12. The van der Waals surface area contributed by atoms with Crippen molar-refractivity contribution in [3.05, 3.63) is 17.0 Å². The van der Waals surface area contributed by atoms with Gasteiger partial charge in [-0.15, -0.1) is 11.3 Å². The lowest BCUT2D eigenvalue weighted by Gasteiger charge is -2.16. The van der Waals surface area contributed by atoms with Gasteiger partial charge in [0.05, 0.1) is 0 Å². The van der Waals surface area contributed by atoms with E-state index in [1.807, 2.05) is 26.8 Å². The van der Waals surface area contributed by atoms with E-state index in [4.69, 9.17) is 4.74 Å². The predicted octanol–water partition coefficient (Wildman–Crippen LogP) is 1.91. The summed E-state index contributed by atoms with van der Waals surface area (Å²) in [5.74, 6) is 0.774. The molecule has 0 unspecified atom stereocenters. The minimum atomic E-state index is -3.36. The number of hydrogen-bond acceptors (Lipinski definition) is 5. The quantitative estimate of drug-likeness (QED) is 0.316. The minimum absolute atomic E-state index is 0.413. The van der Waals surface area contributed by atoms with Crippen LogP contribution in [-0.4, -0.2) is 65.1 Å². The molecule has 9 heteroatoms. The van der Waals surface area contributed by atoms with Gasteiger partial charge in [0, 0.05) is 51.3 Å². The number of aliphatic imine (C=N–C) groups is 1. The van der Waals surface area contributed by atoms with Gasteiger partial charge in [-0.1, -0.05) is 13.8 Å². The first-order chi connectivity index (χ1) is 12.5. The van der Waals surface area contributed by atoms with Gasteiger partial charge < -0.3 is 15.4 Å². The van der Waals surface area contributed by atoms with Gasteiger partial charge in [-0.2, -0.15) is 4.31 Å². The van der Waals surface area contributed by atoms with Crippen molar-refractivity contribution < 1.29 is 13.2 Å². The van der Waals surface area contributed by atoms with E-state index in [1.165, 1.54) is 15.6 Å². The summed E-state index contributed by atoms with van der Waals surface area (Å²) in [6, 6.07) is 3.60. The van der Waals surface area contributed by atoms with Crippen LogP contribution >= 0.6 is 11.3 Å². The van der Waals surface area contributed by atoms with Gasteiger partial charge in [-0.25, -0.2) is 8.42 Å². The summed E-state index contributed by atoms with van der Waals surface area (Å²) in [4.78, 5) is 5.53. The van der Waals surface area contributed by atoms with E-state index in [-0.39, 0.29) is 0 Å². The van der Waals surface area contributed by atoms with Gasteiger partial charge in [-0.3, -0.25) is 4.99 Å². The Kier molecular flexibility index (Phi) is 10.8. The smallest absolute Gasteiger partial charge is 0.252 e. The van der Waals surface area contributed by atoms with Gasteiger partial charge in [0.1, 0.15) is 4.21 Å². The molecule has 1 aromatic rings. The Bertz CT molecular complexity index is 640. The maximum atomic E-state index is 12.5. The van der Waals surface area contributed by atoms with Crippen LogP contribution in [0.15, 0.2) is 21.3 Å². The molecule has 0 saturated heterocycles. The SMILES string of the molecule is CCNC(=NCCCOC)NCCc1ccc(S(=O)(=O)N(CC)CC)s1. The Morgan fingerprint density at radius 1 is 1.23 bits per heavy atom. The van der Waals surface area contributed by atoms with Crippen molar-refractivity contribution in [2.24, 2.45) is 4.99 Å². The van der Waals surface area contributed by atoms with Gasteiger partial charge >= 0.3 is 0 Å². The van der Waals surface area contributed by atoms with Crippen molar-refractivity contribution in [3.8, 4) is 0 Å². The molecule has 1 heterocycles. The molecule has 0 aliphatic heterocycles. The van der Waals surface area contributed by atoms with Crippen molar-refractivity contribution >= 4 is 27.3 Å². The molecule has 2 N–H and O–H groups in total. The molecule has 26 heavy (non-hydrogen) atoms. The molecular weight excluding hydrogens is 372 g/mol. The van der Waals surface area contributed by atoms with E-state index >= 15 is 0 Å². The van der Waals surface area contributed by atoms with Crippen LogP contribution in [0.2, 0.25) is 0 Å². The van der Waals surface area contributed by atoms with Gasteiger partial charge in [0.25, 0.3) is 10.0 Å². The molecule has 7 nitrogen and oxygen atoms in total. The monoisotopic (exact) mass is 404 g/mol. The summed E-state index contributed by atoms with van der Waals surface area (Å²) in [5, 5.41) is 6.49. The van der Waals surface area contributed by atoms with Crippen LogP contribution in [-0.2, 0) is 21.2 Å². The summed E-state index contributed by atoms with van der Waals surface area (Å²) in [6.07, 6.45) is 1.63. The lowest BCUT2D eigenvalue weighted by atomic mass is 10.3. The van der Waals surface area contributed by atoms with Crippen molar-refractivity contribution in [1.82, 2.24) is 14.9 Å². The summed E-state index contributed by atoms with van der Waals surface area (Å²) in [6.45, 7) is 9.59. The highest BCUT2D eigenvalue weighted by Crippen LogP contribution is 2.25. The molecule has 1 aromatic heterocycles. The van der Waals surface area contributed by atoms with Crippen LogP contribution in [0, 0.1) is 0 Å². The zero-order valence-corrected chi connectivity index (χ0v) is 17.9. The Morgan fingerprint density at radius 2 is 1.96 bits per heavy atom. The number of sulfonamides is 1. The van der Waals surface area contributed by atoms with Crippen molar-refractivity contribution in [2.45, 2.75) is 37.8 Å². The van der Waals surface area contributed by atoms with E-state index in [9.17, 15) is 8.42 Å². The fourth-order valence-corrected chi connectivity index (χ4v) is 5.34. The van der Waals surface area contributed by atoms with E-state index in [2.05, 4.69) is 15.6 Å². The van der Waals surface area contributed by atoms with Gasteiger partial charge in [-0.05, 0) is 31.9 Å². The van der Waals surface area contributed by atoms with Crippen LogP contribution in [0.5, 0.6) is 0 Å². The third kappa shape index (κ3) is 7.22. The second kappa shape index (κ2) is 12.3. The Balaban J connectivity index is 2.58. The lowest BCUT2D eigenvalue weighted by Crippen LogP contribution is -2.38. The van der Waals surface area contributed by atoms with Crippen LogP contribution in [0.25, 0.3) is 0 Å². The molecule has 0 fully saturated rings. The third-order valence-electron chi connectivity index (χ3n) is 3.72. The second-order valence-corrected chi connectivity index (χ2v) is 8.93. The fraction of sp³-hybridized carbons (Fsp3) is 0.706. The number of ether oxygens (including phenoxy) is 1. The summed E-state index contributed by atoms with van der Waals surface area (Å²) < 4.78 is 32.0. The fourth-order valence-electron chi connectivity index (χ4n) is 2.37. The number of methoxy groups -OCH3 is 1. The van der Waals surface area contributed by atoms with Crippen molar-refractivity contribution in [1.29, 1.82) is 0 Å². The molecule has 0 atom stereocenters. The molecule has 0 radical (unpaired) electrons. The summed E-state index contributed by atoms with van der Waals surface area (Å²) in [7, 11) is -1.68. The van der Waals surface area contributed by atoms with Gasteiger partial charge in [0.15, 0.2) is 5.96 Å². The molecular formula is C17H32N4O3S2. The maximum Gasteiger partial charge on any atom is 0.252 e. The van der Waals surface area contributed by atoms with Crippen molar-refractivity contribution in [3.63, 3.8) is 0 Å².